The molecule has 1 saturated carbocycles. The number of nitrogens with one attached hydrogen (secondary N) is 3. The predicted octanol–water partition coefficient (Wildman–Crippen LogP) is 3.09. The summed E-state index contributed by atoms with van der Waals surface area (Å²) < 4.78 is 17.5. The average Bonchev–Trinajstić information content (AvgIpc) is 3.02. The lowest BCUT2D eigenvalue weighted by Gasteiger charge is -2.37. The van der Waals surface area contributed by atoms with Crippen molar-refractivity contribution in [1.82, 2.24) is 16.0 Å². The first kappa shape index (κ1) is 31.6. The Labute approximate surface area is 227 Å². The van der Waals surface area contributed by atoms with Gasteiger partial charge in [0.15, 0.2) is 0 Å². The first-order chi connectivity index (χ1) is 16.9. The van der Waals surface area contributed by atoms with Gasteiger partial charge in [0.05, 0.1) is 18.8 Å². The molecule has 4 N–H and O–H groups in total. The van der Waals surface area contributed by atoms with Gasteiger partial charge >= 0.3 is 12.1 Å². The number of carboxylic acid groups (broad SMARTS) is 1. The molecule has 0 spiro atoms. The third-order valence-corrected chi connectivity index (χ3v) is 11.7. The fourth-order valence-corrected chi connectivity index (χ4v) is 10.7. The van der Waals surface area contributed by atoms with Crippen LogP contribution in [0, 0.1) is 5.92 Å². The van der Waals surface area contributed by atoms with Gasteiger partial charge in [0.1, 0.15) is 17.7 Å². The number of alkyl carbamates (subject to hydrolysis) is 1. The number of hydrogen-bond donors (Lipinski definition) is 4. The number of carboxylic acids is 1. The molecular weight excluding hydrogens is 541 g/mol. The molecule has 11 nitrogen and oxygen atoms in total. The molecule has 0 aromatic carbocycles. The van der Waals surface area contributed by atoms with Crippen molar-refractivity contribution in [2.24, 2.45) is 5.92 Å². The maximum Gasteiger partial charge on any atom is 0.408 e. The number of fused-ring (bicyclic) bond motifs is 1. The number of allylic oxidation sites excluding steroid dienone is 1. The molecule has 1 heterocycles. The van der Waals surface area contributed by atoms with E-state index < -0.39 is 59.4 Å². The highest BCUT2D eigenvalue weighted by molar-refractivity contribution is 8.68. The van der Waals surface area contributed by atoms with E-state index in [0.29, 0.717) is 5.92 Å². The normalized spacial score (nSPS) is 28.8. The van der Waals surface area contributed by atoms with E-state index in [1.54, 1.807) is 20.8 Å². The smallest absolute Gasteiger partial charge is 0.408 e. The second-order valence-corrected chi connectivity index (χ2v) is 16.9. The second kappa shape index (κ2) is 12.5. The summed E-state index contributed by atoms with van der Waals surface area (Å²) in [6, 6.07) is -2.36. The third kappa shape index (κ3) is 9.55. The highest BCUT2D eigenvalue weighted by Gasteiger charge is 2.53. The first-order valence-corrected chi connectivity index (χ1v) is 16.1. The van der Waals surface area contributed by atoms with Crippen LogP contribution in [0.5, 0.6) is 0 Å². The van der Waals surface area contributed by atoms with E-state index in [2.05, 4.69) is 22.5 Å². The van der Waals surface area contributed by atoms with Crippen LogP contribution in [0.15, 0.2) is 12.2 Å². The van der Waals surface area contributed by atoms with Gasteiger partial charge in [-0.2, -0.15) is 0 Å². The average molecular weight is 580 g/mol. The van der Waals surface area contributed by atoms with Gasteiger partial charge in [-0.05, 0) is 78.5 Å². The molecule has 37 heavy (non-hydrogen) atoms. The van der Waals surface area contributed by atoms with Gasteiger partial charge in [-0.15, -0.1) is 0 Å². The van der Waals surface area contributed by atoms with Crippen LogP contribution in [-0.2, 0) is 40.0 Å². The number of hydrogen-bond acceptors (Lipinski definition) is 9. The Hall–Kier alpha value is -1.66. The van der Waals surface area contributed by atoms with Gasteiger partial charge in [0.2, 0.25) is 17.5 Å². The van der Waals surface area contributed by atoms with E-state index in [4.69, 9.17) is 30.7 Å². The second-order valence-electron chi connectivity index (χ2n) is 10.6. The Kier molecular flexibility index (Phi) is 10.6. The zero-order valence-electron chi connectivity index (χ0n) is 22.1. The quantitative estimate of drug-likeness (QED) is 0.224. The Morgan fingerprint density at radius 1 is 1.30 bits per heavy atom. The SMILES string of the molecule is C=C(C)[C@@H]1CC[C@]2(C)OP(=S)(OC[C@H](NC(=O)OC(C)(C)C)C(=O)NCC(=O)N[C@@H](C)C(=O)O)S[C@H]2C1. The minimum Gasteiger partial charge on any atom is -0.480 e. The van der Waals surface area contributed by atoms with Gasteiger partial charge in [-0.3, -0.25) is 14.4 Å². The Bertz CT molecular complexity index is 972. The summed E-state index contributed by atoms with van der Waals surface area (Å²) >= 11 is 7.23. The molecule has 6 atom stereocenters. The van der Waals surface area contributed by atoms with Crippen LogP contribution >= 0.6 is 17.1 Å². The summed E-state index contributed by atoms with van der Waals surface area (Å²) in [7, 11) is 0. The van der Waals surface area contributed by atoms with E-state index in [1.165, 1.54) is 18.3 Å². The summed E-state index contributed by atoms with van der Waals surface area (Å²) in [4.78, 5) is 48.2. The van der Waals surface area contributed by atoms with Gasteiger partial charge < -0.3 is 34.8 Å². The minimum atomic E-state index is -2.84. The largest absolute Gasteiger partial charge is 0.480 e. The summed E-state index contributed by atoms with van der Waals surface area (Å²) in [5, 5.41) is 16.1. The highest BCUT2D eigenvalue weighted by Crippen LogP contribution is 2.74. The highest BCUT2D eigenvalue weighted by atomic mass is 32.9. The van der Waals surface area contributed by atoms with Crippen molar-refractivity contribution in [2.75, 3.05) is 13.2 Å². The lowest BCUT2D eigenvalue weighted by Crippen LogP contribution is -2.52. The third-order valence-electron chi connectivity index (χ3n) is 6.02. The molecule has 3 amide bonds. The fraction of sp³-hybridized carbons (Fsp3) is 0.739. The summed E-state index contributed by atoms with van der Waals surface area (Å²) in [6.45, 7) is 13.7. The summed E-state index contributed by atoms with van der Waals surface area (Å²) in [5.41, 5.74) is -2.96. The number of ether oxygens (including phenoxy) is 1. The zero-order chi connectivity index (χ0) is 28.2. The summed E-state index contributed by atoms with van der Waals surface area (Å²) in [5.74, 6) is -2.25. The van der Waals surface area contributed by atoms with Crippen molar-refractivity contribution in [3.63, 3.8) is 0 Å². The van der Waals surface area contributed by atoms with E-state index in [9.17, 15) is 19.2 Å². The molecule has 2 rings (SSSR count). The maximum absolute atomic E-state index is 12.9. The van der Waals surface area contributed by atoms with Gasteiger partial charge in [-0.25, -0.2) is 4.79 Å². The van der Waals surface area contributed by atoms with Crippen LogP contribution in [0.4, 0.5) is 4.79 Å². The van der Waals surface area contributed by atoms with Crippen LogP contribution in [0.1, 0.15) is 60.8 Å². The zero-order valence-corrected chi connectivity index (χ0v) is 24.6. The molecule has 2 fully saturated rings. The first-order valence-electron chi connectivity index (χ1n) is 12.0. The van der Waals surface area contributed by atoms with Crippen molar-refractivity contribution < 1.29 is 38.1 Å². The predicted molar refractivity (Wildman–Crippen MR) is 145 cm³/mol. The van der Waals surface area contributed by atoms with Gasteiger partial charge in [0.25, 0.3) is 0 Å². The van der Waals surface area contributed by atoms with Crippen molar-refractivity contribution in [3.8, 4) is 0 Å². The van der Waals surface area contributed by atoms with Crippen LogP contribution in [0.2, 0.25) is 0 Å². The van der Waals surface area contributed by atoms with Crippen molar-refractivity contribution in [3.05, 3.63) is 12.2 Å². The topological polar surface area (TPSA) is 152 Å². The van der Waals surface area contributed by atoms with Crippen LogP contribution in [0.25, 0.3) is 0 Å². The van der Waals surface area contributed by atoms with Gasteiger partial charge in [-0.1, -0.05) is 23.5 Å². The Morgan fingerprint density at radius 2 is 1.95 bits per heavy atom. The van der Waals surface area contributed by atoms with Crippen molar-refractivity contribution in [2.45, 2.75) is 89.3 Å². The van der Waals surface area contributed by atoms with Crippen LogP contribution < -0.4 is 16.0 Å². The molecule has 2 aliphatic rings. The number of amides is 3. The number of carbonyl (C=O) groups is 4. The molecule has 1 aliphatic carbocycles. The minimum absolute atomic E-state index is 0.125. The molecular formula is C23H38N3O8PS2. The molecule has 0 bridgehead atoms. The van der Waals surface area contributed by atoms with Gasteiger partial charge in [0, 0.05) is 5.25 Å². The van der Waals surface area contributed by atoms with Crippen LogP contribution in [0.3, 0.4) is 0 Å². The number of carbonyl (C=O) groups excluding carboxylic acids is 3. The van der Waals surface area contributed by atoms with E-state index >= 15 is 0 Å². The molecule has 14 heteroatoms. The molecule has 210 valence electrons. The van der Waals surface area contributed by atoms with Crippen molar-refractivity contribution >= 4 is 52.8 Å². The molecule has 1 saturated heterocycles. The lowest BCUT2D eigenvalue weighted by atomic mass is 9.77. The van der Waals surface area contributed by atoms with Crippen LogP contribution in [-0.4, -0.2) is 70.7 Å². The lowest BCUT2D eigenvalue weighted by molar-refractivity contribution is -0.141. The van der Waals surface area contributed by atoms with Crippen molar-refractivity contribution in [1.29, 1.82) is 0 Å². The monoisotopic (exact) mass is 579 g/mol. The standard InChI is InChI=1S/C23H38N3O8PS2/c1-13(2)15-8-9-23(7)17(10-15)37-35(36,34-23)32-12-16(26-21(31)33-22(4,5)6)19(28)24-11-18(27)25-14(3)20(29)30/h14-17H,1,8-12H2,2-7H3,(H,24,28)(H,25,27)(H,26,31)(H,29,30)/t14-,15+,16-,17-,23-,35?/m0/s1. The number of aliphatic carboxylic acids is 1. The maximum atomic E-state index is 12.9. The fourth-order valence-electron chi connectivity index (χ4n) is 3.89. The van der Waals surface area contributed by atoms with E-state index in [0.717, 1.165) is 24.8 Å². The van der Waals surface area contributed by atoms with E-state index in [-0.39, 0.29) is 11.9 Å². The molecule has 0 aromatic rings. The molecule has 1 aliphatic heterocycles. The van der Waals surface area contributed by atoms with E-state index in [1.807, 2.05) is 13.8 Å². The molecule has 1 unspecified atom stereocenters. The summed E-state index contributed by atoms with van der Waals surface area (Å²) in [6.07, 6.45) is 1.80. The Balaban J connectivity index is 2.06. The Morgan fingerprint density at radius 3 is 2.51 bits per heavy atom. The molecule has 0 aromatic heterocycles. The molecule has 0 radical (unpaired) electrons. The number of rotatable bonds is 10.